The van der Waals surface area contributed by atoms with Crippen LogP contribution in [-0.2, 0) is 6.54 Å². The van der Waals surface area contributed by atoms with Gasteiger partial charge in [0, 0.05) is 35.5 Å². The summed E-state index contributed by atoms with van der Waals surface area (Å²) in [5.41, 5.74) is 4.85. The molecule has 0 amide bonds. The van der Waals surface area contributed by atoms with Crippen LogP contribution in [0.15, 0.2) is 61.1 Å². The molecule has 0 unspecified atom stereocenters. The summed E-state index contributed by atoms with van der Waals surface area (Å²) in [6, 6.07) is 14.1. The van der Waals surface area contributed by atoms with Crippen molar-refractivity contribution >= 4 is 22.6 Å². The molecule has 3 aromatic heterocycles. The SMILES string of the molecule is CCn1ncc2c(-c3cncc(Cl)c3)cc(-c3ccccc3)nc21. The normalized spacial score (nSPS) is 11.1. The largest absolute Gasteiger partial charge is 0.263 e. The Morgan fingerprint density at radius 3 is 2.58 bits per heavy atom. The fourth-order valence-electron chi connectivity index (χ4n) is 2.83. The van der Waals surface area contributed by atoms with Gasteiger partial charge in [-0.05, 0) is 24.6 Å². The van der Waals surface area contributed by atoms with Crippen molar-refractivity contribution < 1.29 is 0 Å². The maximum atomic E-state index is 6.14. The van der Waals surface area contributed by atoms with Crippen LogP contribution in [0.2, 0.25) is 5.02 Å². The van der Waals surface area contributed by atoms with Crippen molar-refractivity contribution in [2.24, 2.45) is 0 Å². The third-order valence-corrected chi connectivity index (χ3v) is 4.20. The topological polar surface area (TPSA) is 43.6 Å². The van der Waals surface area contributed by atoms with E-state index in [1.165, 1.54) is 0 Å². The fourth-order valence-corrected chi connectivity index (χ4v) is 3.01. The Labute approximate surface area is 144 Å². The van der Waals surface area contributed by atoms with Crippen LogP contribution >= 0.6 is 11.6 Å². The molecule has 0 saturated heterocycles. The molecule has 0 aliphatic rings. The van der Waals surface area contributed by atoms with E-state index in [9.17, 15) is 0 Å². The molecule has 0 fully saturated rings. The lowest BCUT2D eigenvalue weighted by atomic mass is 10.0. The zero-order valence-corrected chi connectivity index (χ0v) is 13.9. The second-order valence-corrected chi connectivity index (χ2v) is 5.95. The highest BCUT2D eigenvalue weighted by atomic mass is 35.5. The number of hydrogen-bond donors (Lipinski definition) is 0. The maximum absolute atomic E-state index is 6.14. The average Bonchev–Trinajstić information content (AvgIpc) is 3.04. The molecule has 4 aromatic rings. The predicted molar refractivity (Wildman–Crippen MR) is 96.9 cm³/mol. The lowest BCUT2D eigenvalue weighted by molar-refractivity contribution is 0.677. The average molecular weight is 335 g/mol. The molecule has 5 heteroatoms. The molecule has 0 aliphatic carbocycles. The number of pyridine rings is 2. The van der Waals surface area contributed by atoms with E-state index in [4.69, 9.17) is 16.6 Å². The second kappa shape index (κ2) is 6.06. The van der Waals surface area contributed by atoms with E-state index >= 15 is 0 Å². The van der Waals surface area contributed by atoms with Crippen LogP contribution in [0.25, 0.3) is 33.4 Å². The van der Waals surface area contributed by atoms with Crippen molar-refractivity contribution in [2.75, 3.05) is 0 Å². The minimum absolute atomic E-state index is 0.613. The zero-order valence-electron chi connectivity index (χ0n) is 13.1. The van der Waals surface area contributed by atoms with Gasteiger partial charge in [-0.15, -0.1) is 0 Å². The first-order chi connectivity index (χ1) is 11.8. The van der Waals surface area contributed by atoms with Gasteiger partial charge in [-0.2, -0.15) is 5.10 Å². The van der Waals surface area contributed by atoms with Gasteiger partial charge in [0.1, 0.15) is 0 Å². The van der Waals surface area contributed by atoms with Crippen molar-refractivity contribution in [3.63, 3.8) is 0 Å². The summed E-state index contributed by atoms with van der Waals surface area (Å²) in [4.78, 5) is 9.05. The van der Waals surface area contributed by atoms with Crippen molar-refractivity contribution in [2.45, 2.75) is 13.5 Å². The zero-order chi connectivity index (χ0) is 16.5. The summed E-state index contributed by atoms with van der Waals surface area (Å²) < 4.78 is 1.91. The molecular weight excluding hydrogens is 320 g/mol. The molecule has 0 N–H and O–H groups in total. The Morgan fingerprint density at radius 2 is 1.83 bits per heavy atom. The lowest BCUT2D eigenvalue weighted by Gasteiger charge is -2.09. The van der Waals surface area contributed by atoms with Gasteiger partial charge in [0.25, 0.3) is 0 Å². The summed E-state index contributed by atoms with van der Waals surface area (Å²) in [5, 5.41) is 6.07. The van der Waals surface area contributed by atoms with Crippen molar-refractivity contribution in [3.8, 4) is 22.4 Å². The fraction of sp³-hybridized carbons (Fsp3) is 0.105. The Morgan fingerprint density at radius 1 is 1.00 bits per heavy atom. The number of rotatable bonds is 3. The molecular formula is C19H15ClN4. The monoisotopic (exact) mass is 334 g/mol. The molecule has 0 spiro atoms. The second-order valence-electron chi connectivity index (χ2n) is 5.51. The molecule has 3 heterocycles. The van der Waals surface area contributed by atoms with Crippen molar-refractivity contribution in [1.29, 1.82) is 0 Å². The van der Waals surface area contributed by atoms with Crippen LogP contribution in [0.5, 0.6) is 0 Å². The highest BCUT2D eigenvalue weighted by Crippen LogP contribution is 2.32. The van der Waals surface area contributed by atoms with Gasteiger partial charge >= 0.3 is 0 Å². The number of halogens is 1. The summed E-state index contributed by atoms with van der Waals surface area (Å²) >= 11 is 6.14. The number of fused-ring (bicyclic) bond motifs is 1. The Bertz CT molecular complexity index is 1010. The van der Waals surface area contributed by atoms with Crippen molar-refractivity contribution in [1.82, 2.24) is 19.7 Å². The minimum atomic E-state index is 0.613. The third-order valence-electron chi connectivity index (χ3n) is 3.99. The van der Waals surface area contributed by atoms with Gasteiger partial charge in [0.05, 0.1) is 16.9 Å². The summed E-state index contributed by atoms with van der Waals surface area (Å²) in [5.74, 6) is 0. The Kier molecular flexibility index (Phi) is 3.75. The van der Waals surface area contributed by atoms with E-state index < -0.39 is 0 Å². The molecule has 4 rings (SSSR count). The highest BCUT2D eigenvalue weighted by Gasteiger charge is 2.13. The number of aryl methyl sites for hydroxylation is 1. The van der Waals surface area contributed by atoms with Crippen LogP contribution in [0.1, 0.15) is 6.92 Å². The van der Waals surface area contributed by atoms with E-state index in [-0.39, 0.29) is 0 Å². The summed E-state index contributed by atoms with van der Waals surface area (Å²) in [6.45, 7) is 2.83. The number of nitrogens with zero attached hydrogens (tertiary/aromatic N) is 4. The number of aromatic nitrogens is 4. The number of hydrogen-bond acceptors (Lipinski definition) is 3. The highest BCUT2D eigenvalue weighted by molar-refractivity contribution is 6.30. The molecule has 4 nitrogen and oxygen atoms in total. The molecule has 0 aliphatic heterocycles. The Hall–Kier alpha value is -2.72. The van der Waals surface area contributed by atoms with Crippen molar-refractivity contribution in [3.05, 3.63) is 66.1 Å². The third kappa shape index (κ3) is 2.55. The van der Waals surface area contributed by atoms with E-state index in [0.29, 0.717) is 5.02 Å². The maximum Gasteiger partial charge on any atom is 0.159 e. The smallest absolute Gasteiger partial charge is 0.159 e. The Balaban J connectivity index is 2.03. The van der Waals surface area contributed by atoms with Gasteiger partial charge in [-0.3, -0.25) is 4.98 Å². The minimum Gasteiger partial charge on any atom is -0.263 e. The van der Waals surface area contributed by atoms with Crippen LogP contribution in [0, 0.1) is 0 Å². The molecule has 118 valence electrons. The molecule has 1 aromatic carbocycles. The molecule has 0 atom stereocenters. The van der Waals surface area contributed by atoms with Gasteiger partial charge in [0.15, 0.2) is 5.65 Å². The molecule has 0 bridgehead atoms. The van der Waals surface area contributed by atoms with E-state index in [1.807, 2.05) is 41.3 Å². The quantitative estimate of drug-likeness (QED) is 0.538. The van der Waals surface area contributed by atoms with E-state index in [1.54, 1.807) is 6.20 Å². The first-order valence-corrected chi connectivity index (χ1v) is 8.17. The standard InChI is InChI=1S/C19H15ClN4/c1-2-24-19-17(12-22-24)16(14-8-15(20)11-21-10-14)9-18(23-19)13-6-4-3-5-7-13/h3-12H,2H2,1H3. The molecule has 0 radical (unpaired) electrons. The first kappa shape index (κ1) is 14.8. The lowest BCUT2D eigenvalue weighted by Crippen LogP contribution is -1.98. The van der Waals surface area contributed by atoms with Crippen LogP contribution in [0.3, 0.4) is 0 Å². The van der Waals surface area contributed by atoms with Crippen LogP contribution in [0.4, 0.5) is 0 Å². The predicted octanol–water partition coefficient (Wildman–Crippen LogP) is 4.83. The van der Waals surface area contributed by atoms with Crippen LogP contribution < -0.4 is 0 Å². The van der Waals surface area contributed by atoms with Gasteiger partial charge in [0.2, 0.25) is 0 Å². The summed E-state index contributed by atoms with van der Waals surface area (Å²) in [7, 11) is 0. The van der Waals surface area contributed by atoms with Crippen LogP contribution in [-0.4, -0.2) is 19.7 Å². The summed E-state index contributed by atoms with van der Waals surface area (Å²) in [6.07, 6.45) is 5.31. The van der Waals surface area contributed by atoms with E-state index in [0.717, 1.165) is 40.0 Å². The first-order valence-electron chi connectivity index (χ1n) is 7.79. The van der Waals surface area contributed by atoms with Gasteiger partial charge in [-0.1, -0.05) is 41.9 Å². The number of benzene rings is 1. The molecule has 0 saturated carbocycles. The molecule has 24 heavy (non-hydrogen) atoms. The van der Waals surface area contributed by atoms with Gasteiger partial charge in [-0.25, -0.2) is 9.67 Å². The van der Waals surface area contributed by atoms with Gasteiger partial charge < -0.3 is 0 Å². The van der Waals surface area contributed by atoms with E-state index in [2.05, 4.69) is 35.2 Å².